The van der Waals surface area contributed by atoms with Gasteiger partial charge in [-0.05, 0) is 80.5 Å². The zero-order valence-corrected chi connectivity index (χ0v) is 18.8. The van der Waals surface area contributed by atoms with Crippen molar-refractivity contribution in [3.8, 4) is 0 Å². The van der Waals surface area contributed by atoms with E-state index in [9.17, 15) is 13.2 Å². The van der Waals surface area contributed by atoms with E-state index in [0.29, 0.717) is 10.7 Å². The van der Waals surface area contributed by atoms with E-state index in [-0.39, 0.29) is 16.2 Å². The highest BCUT2D eigenvalue weighted by Gasteiger charge is 2.53. The van der Waals surface area contributed by atoms with Crippen molar-refractivity contribution in [2.24, 2.45) is 17.8 Å². The molecule has 0 atom stereocenters. The summed E-state index contributed by atoms with van der Waals surface area (Å²) in [5, 5.41) is 13.2. The molecule has 4 aliphatic carbocycles. The Morgan fingerprint density at radius 1 is 1.03 bits per heavy atom. The van der Waals surface area contributed by atoms with E-state index < -0.39 is 10.0 Å². The number of sulfonamides is 1. The summed E-state index contributed by atoms with van der Waals surface area (Å²) >= 11 is 1.50. The van der Waals surface area contributed by atoms with Crippen LogP contribution in [0, 0.1) is 17.8 Å². The van der Waals surface area contributed by atoms with Gasteiger partial charge < -0.3 is 0 Å². The molecule has 0 spiro atoms. The highest BCUT2D eigenvalue weighted by atomic mass is 32.2. The van der Waals surface area contributed by atoms with Gasteiger partial charge in [0.15, 0.2) is 0 Å². The van der Waals surface area contributed by atoms with Gasteiger partial charge in [0, 0.05) is 25.1 Å². The molecule has 4 fully saturated rings. The Kier molecular flexibility index (Phi) is 4.75. The second-order valence-electron chi connectivity index (χ2n) is 9.38. The molecule has 4 saturated carbocycles. The molecule has 9 heteroatoms. The van der Waals surface area contributed by atoms with E-state index in [1.807, 2.05) is 0 Å². The van der Waals surface area contributed by atoms with Crippen molar-refractivity contribution in [1.29, 1.82) is 0 Å². The van der Waals surface area contributed by atoms with Crippen LogP contribution >= 0.6 is 11.3 Å². The fourth-order valence-corrected chi connectivity index (χ4v) is 7.88. The summed E-state index contributed by atoms with van der Waals surface area (Å²) in [7, 11) is -0.558. The van der Waals surface area contributed by atoms with Gasteiger partial charge in [0.1, 0.15) is 5.01 Å². The fraction of sp³-hybridized carbons (Fsp3) is 0.571. The van der Waals surface area contributed by atoms with E-state index >= 15 is 0 Å². The first-order valence-corrected chi connectivity index (χ1v) is 12.7. The summed E-state index contributed by atoms with van der Waals surface area (Å²) in [5.74, 6) is 2.18. The normalized spacial score (nSPS) is 30.0. The SMILES string of the molecule is CN(C)S(=O)(=O)c1ccc(C(=O)Nc2nnc(C34CC5CC(CC(C5)C3)C4)s2)cc1. The number of anilines is 1. The molecule has 4 bridgehead atoms. The molecular formula is C21H26N4O3S2. The summed E-state index contributed by atoms with van der Waals surface area (Å²) < 4.78 is 25.5. The maximum absolute atomic E-state index is 12.6. The van der Waals surface area contributed by atoms with Gasteiger partial charge in [0.25, 0.3) is 5.91 Å². The number of aromatic nitrogens is 2. The molecule has 30 heavy (non-hydrogen) atoms. The average molecular weight is 447 g/mol. The van der Waals surface area contributed by atoms with Gasteiger partial charge in [-0.25, -0.2) is 12.7 Å². The van der Waals surface area contributed by atoms with Crippen molar-refractivity contribution >= 4 is 32.4 Å². The Bertz CT molecular complexity index is 1040. The zero-order valence-electron chi connectivity index (χ0n) is 17.2. The smallest absolute Gasteiger partial charge is 0.257 e. The van der Waals surface area contributed by atoms with Crippen molar-refractivity contribution < 1.29 is 13.2 Å². The Balaban J connectivity index is 1.31. The number of carbonyl (C=O) groups excluding carboxylic acids is 1. The lowest BCUT2D eigenvalue weighted by atomic mass is 9.50. The number of carbonyl (C=O) groups is 1. The van der Waals surface area contributed by atoms with Crippen LogP contribution in [-0.4, -0.2) is 42.9 Å². The lowest BCUT2D eigenvalue weighted by Crippen LogP contribution is -2.48. The number of amides is 1. The number of nitrogens with zero attached hydrogens (tertiary/aromatic N) is 3. The first kappa shape index (κ1) is 20.1. The molecule has 0 aliphatic heterocycles. The second kappa shape index (κ2) is 7.10. The van der Waals surface area contributed by atoms with E-state index in [1.165, 1.54) is 88.2 Å². The van der Waals surface area contributed by atoms with Gasteiger partial charge in [-0.1, -0.05) is 11.3 Å². The summed E-state index contributed by atoms with van der Waals surface area (Å²) in [6.45, 7) is 0. The van der Waals surface area contributed by atoms with Gasteiger partial charge in [0.05, 0.1) is 4.90 Å². The summed E-state index contributed by atoms with van der Waals surface area (Å²) in [6, 6.07) is 5.94. The van der Waals surface area contributed by atoms with Crippen LogP contribution in [0.5, 0.6) is 0 Å². The monoisotopic (exact) mass is 446 g/mol. The molecular weight excluding hydrogens is 420 g/mol. The fourth-order valence-electron chi connectivity index (χ4n) is 6.02. The molecule has 6 rings (SSSR count). The summed E-state index contributed by atoms with van der Waals surface area (Å²) in [4.78, 5) is 12.8. The van der Waals surface area contributed by atoms with Gasteiger partial charge >= 0.3 is 0 Å². The molecule has 0 radical (unpaired) electrons. The van der Waals surface area contributed by atoms with Crippen LogP contribution in [0.3, 0.4) is 0 Å². The Hall–Kier alpha value is -1.84. The molecule has 0 saturated heterocycles. The predicted octanol–water partition coefficient (Wildman–Crippen LogP) is 3.51. The number of nitrogens with one attached hydrogen (secondary N) is 1. The third-order valence-electron chi connectivity index (χ3n) is 7.03. The molecule has 1 aromatic carbocycles. The molecule has 1 heterocycles. The van der Waals surface area contributed by atoms with Crippen LogP contribution < -0.4 is 5.32 Å². The quantitative estimate of drug-likeness (QED) is 0.759. The minimum atomic E-state index is -3.52. The van der Waals surface area contributed by atoms with Crippen LogP contribution in [0.2, 0.25) is 0 Å². The second-order valence-corrected chi connectivity index (χ2v) is 12.5. The minimum absolute atomic E-state index is 0.157. The largest absolute Gasteiger partial charge is 0.296 e. The number of hydrogen-bond acceptors (Lipinski definition) is 6. The van der Waals surface area contributed by atoms with Crippen molar-refractivity contribution in [3.63, 3.8) is 0 Å². The Labute approximate surface area is 180 Å². The van der Waals surface area contributed by atoms with Crippen LogP contribution in [0.25, 0.3) is 0 Å². The predicted molar refractivity (Wildman–Crippen MR) is 115 cm³/mol. The molecule has 1 N–H and O–H groups in total. The molecule has 7 nitrogen and oxygen atoms in total. The highest BCUT2D eigenvalue weighted by Crippen LogP contribution is 2.61. The van der Waals surface area contributed by atoms with E-state index in [2.05, 4.69) is 15.5 Å². The van der Waals surface area contributed by atoms with Crippen LogP contribution in [0.1, 0.15) is 53.9 Å². The first-order valence-electron chi connectivity index (χ1n) is 10.4. The van der Waals surface area contributed by atoms with Gasteiger partial charge in [-0.15, -0.1) is 10.2 Å². The van der Waals surface area contributed by atoms with Crippen LogP contribution in [0.4, 0.5) is 5.13 Å². The van der Waals surface area contributed by atoms with Crippen molar-refractivity contribution in [1.82, 2.24) is 14.5 Å². The standard InChI is InChI=1S/C21H26N4O3S2/c1-25(2)30(27,28)17-5-3-16(4-6-17)18(26)22-20-24-23-19(29-20)21-10-13-7-14(11-21)9-15(8-13)12-21/h3-6,13-15H,7-12H2,1-2H3,(H,22,24,26). The number of hydrogen-bond donors (Lipinski definition) is 1. The topological polar surface area (TPSA) is 92.3 Å². The summed E-state index contributed by atoms with van der Waals surface area (Å²) in [5.41, 5.74) is 0.552. The van der Waals surface area contributed by atoms with E-state index in [1.54, 1.807) is 0 Å². The maximum Gasteiger partial charge on any atom is 0.257 e. The number of benzene rings is 1. The molecule has 1 amide bonds. The summed E-state index contributed by atoms with van der Waals surface area (Å²) in [6.07, 6.45) is 7.76. The average Bonchev–Trinajstić information content (AvgIpc) is 3.16. The lowest BCUT2D eigenvalue weighted by Gasteiger charge is -2.55. The molecule has 160 valence electrons. The lowest BCUT2D eigenvalue weighted by molar-refractivity contribution is -0.00555. The third kappa shape index (κ3) is 3.36. The van der Waals surface area contributed by atoms with Crippen LogP contribution in [-0.2, 0) is 15.4 Å². The maximum atomic E-state index is 12.6. The molecule has 1 aromatic heterocycles. The molecule has 4 aliphatic rings. The minimum Gasteiger partial charge on any atom is -0.296 e. The number of rotatable bonds is 5. The highest BCUT2D eigenvalue weighted by molar-refractivity contribution is 7.89. The zero-order chi connectivity index (χ0) is 21.1. The van der Waals surface area contributed by atoms with Crippen molar-refractivity contribution in [2.75, 3.05) is 19.4 Å². The third-order valence-corrected chi connectivity index (χ3v) is 9.95. The van der Waals surface area contributed by atoms with Crippen molar-refractivity contribution in [3.05, 3.63) is 34.8 Å². The molecule has 2 aromatic rings. The van der Waals surface area contributed by atoms with E-state index in [4.69, 9.17) is 0 Å². The Morgan fingerprint density at radius 3 is 2.13 bits per heavy atom. The Morgan fingerprint density at radius 2 is 1.60 bits per heavy atom. The van der Waals surface area contributed by atoms with Crippen LogP contribution in [0.15, 0.2) is 29.2 Å². The van der Waals surface area contributed by atoms with Gasteiger partial charge in [0.2, 0.25) is 15.2 Å². The van der Waals surface area contributed by atoms with E-state index in [0.717, 1.165) is 27.1 Å². The van der Waals surface area contributed by atoms with Gasteiger partial charge in [-0.3, -0.25) is 10.1 Å². The first-order chi connectivity index (χ1) is 14.2. The van der Waals surface area contributed by atoms with Gasteiger partial charge in [-0.2, -0.15) is 0 Å². The van der Waals surface area contributed by atoms with Crippen molar-refractivity contribution in [2.45, 2.75) is 48.8 Å². The molecule has 0 unspecified atom stereocenters.